The molecule has 3 rings (SSSR count). The summed E-state index contributed by atoms with van der Waals surface area (Å²) in [6.45, 7) is 1.33. The number of pyridine rings is 1. The fraction of sp³-hybridized carbons (Fsp3) is 0.333. The van der Waals surface area contributed by atoms with Crippen molar-refractivity contribution in [2.75, 3.05) is 42.8 Å². The third-order valence-corrected chi connectivity index (χ3v) is 4.91. The van der Waals surface area contributed by atoms with Crippen LogP contribution in [0.25, 0.3) is 0 Å². The minimum Gasteiger partial charge on any atom is -0.711 e. The number of carbonyl (C=O) groups is 1. The molecule has 0 radical (unpaired) electrons. The second kappa shape index (κ2) is 7.65. The van der Waals surface area contributed by atoms with Gasteiger partial charge < -0.3 is 14.8 Å². The third-order valence-electron chi connectivity index (χ3n) is 4.18. The van der Waals surface area contributed by atoms with E-state index in [-0.39, 0.29) is 12.5 Å². The van der Waals surface area contributed by atoms with Crippen molar-refractivity contribution in [1.82, 2.24) is 0 Å². The van der Waals surface area contributed by atoms with Gasteiger partial charge in [0.25, 0.3) is 11.7 Å². The van der Waals surface area contributed by atoms with Crippen LogP contribution in [0.4, 0.5) is 11.5 Å². The summed E-state index contributed by atoms with van der Waals surface area (Å²) in [5, 5.41) is 11.8. The molecule has 0 atom stereocenters. The molecule has 1 aromatic carbocycles. The van der Waals surface area contributed by atoms with Crippen LogP contribution in [0.5, 0.6) is 5.75 Å². The summed E-state index contributed by atoms with van der Waals surface area (Å²) in [5.41, 5.74) is 0.815. The lowest BCUT2D eigenvalue weighted by molar-refractivity contribution is -0.592. The molecule has 1 aromatic heterocycles. The zero-order valence-corrected chi connectivity index (χ0v) is 15.2. The maximum absolute atomic E-state index is 12.2. The minimum absolute atomic E-state index is 0.0364. The van der Waals surface area contributed by atoms with Crippen LogP contribution in [0.3, 0.4) is 0 Å². The molecule has 6 nitrogen and oxygen atoms in total. The van der Waals surface area contributed by atoms with Crippen LogP contribution in [0.2, 0.25) is 0 Å². The van der Waals surface area contributed by atoms with Crippen molar-refractivity contribution in [3.05, 3.63) is 47.8 Å². The highest BCUT2D eigenvalue weighted by Crippen LogP contribution is 2.35. The lowest BCUT2D eigenvalue weighted by Crippen LogP contribution is -2.41. The Morgan fingerprint density at radius 2 is 2.20 bits per heavy atom. The molecule has 0 bridgehead atoms. The van der Waals surface area contributed by atoms with E-state index in [1.54, 1.807) is 28.8 Å². The fourth-order valence-corrected chi connectivity index (χ4v) is 3.28. The molecule has 0 saturated heterocycles. The number of amides is 1. The van der Waals surface area contributed by atoms with E-state index in [1.165, 1.54) is 6.20 Å². The number of rotatable bonds is 6. The van der Waals surface area contributed by atoms with Crippen molar-refractivity contribution in [2.24, 2.45) is 0 Å². The zero-order valence-electron chi connectivity index (χ0n) is 14.3. The number of anilines is 2. The van der Waals surface area contributed by atoms with E-state index in [2.05, 4.69) is 0 Å². The fourth-order valence-electron chi connectivity index (χ4n) is 2.85. The summed E-state index contributed by atoms with van der Waals surface area (Å²) >= 11 is 1.64. The van der Waals surface area contributed by atoms with Gasteiger partial charge in [0.1, 0.15) is 5.75 Å². The van der Waals surface area contributed by atoms with Crippen molar-refractivity contribution in [3.63, 3.8) is 0 Å². The average molecular weight is 359 g/mol. The number of ether oxygens (including phenoxy) is 1. The van der Waals surface area contributed by atoms with Gasteiger partial charge in [0.15, 0.2) is 6.61 Å². The molecule has 1 amide bonds. The van der Waals surface area contributed by atoms with Crippen LogP contribution in [-0.4, -0.2) is 38.9 Å². The van der Waals surface area contributed by atoms with E-state index in [4.69, 9.17) is 4.74 Å². The van der Waals surface area contributed by atoms with Crippen molar-refractivity contribution in [1.29, 1.82) is 0 Å². The predicted molar refractivity (Wildman–Crippen MR) is 99.4 cm³/mol. The smallest absolute Gasteiger partial charge is 0.279 e. The van der Waals surface area contributed by atoms with Gasteiger partial charge in [0.05, 0.1) is 25.5 Å². The molecule has 0 spiro atoms. The maximum Gasteiger partial charge on any atom is 0.279 e. The lowest BCUT2D eigenvalue weighted by atomic mass is 10.2. The lowest BCUT2D eigenvalue weighted by Gasteiger charge is -2.30. The quantitative estimate of drug-likeness (QED) is 0.450. The van der Waals surface area contributed by atoms with E-state index < -0.39 is 0 Å². The first-order valence-electron chi connectivity index (χ1n) is 8.10. The highest BCUT2D eigenvalue weighted by molar-refractivity contribution is 7.98. The third kappa shape index (κ3) is 3.82. The normalized spacial score (nSPS) is 13.4. The number of nitrogens with zero attached hydrogens (tertiary/aromatic N) is 3. The maximum atomic E-state index is 12.2. The van der Waals surface area contributed by atoms with E-state index in [1.807, 2.05) is 42.5 Å². The Hall–Kier alpha value is -2.41. The molecule has 25 heavy (non-hydrogen) atoms. The van der Waals surface area contributed by atoms with Crippen LogP contribution in [0.15, 0.2) is 47.5 Å². The van der Waals surface area contributed by atoms with Gasteiger partial charge in [0.2, 0.25) is 0 Å². The van der Waals surface area contributed by atoms with Gasteiger partial charge >= 0.3 is 0 Å². The standard InChI is InChI=1S/C18H21N3O3S/c1-19(17-6-3-4-11-21(17)23)9-5-10-20-15-8-7-14(25-2)12-16(15)24-13-18(20)22/h3-4,6-8,11-12H,5,9-10,13H2,1-2H3. The number of hydrogen-bond donors (Lipinski definition) is 0. The summed E-state index contributed by atoms with van der Waals surface area (Å²) in [6.07, 6.45) is 4.24. The first-order chi connectivity index (χ1) is 12.1. The second-order valence-corrected chi connectivity index (χ2v) is 6.71. The van der Waals surface area contributed by atoms with E-state index in [9.17, 15) is 10.0 Å². The van der Waals surface area contributed by atoms with E-state index >= 15 is 0 Å². The van der Waals surface area contributed by atoms with Crippen LogP contribution < -0.4 is 19.3 Å². The molecular weight excluding hydrogens is 338 g/mol. The number of thioether (sulfide) groups is 1. The van der Waals surface area contributed by atoms with Crippen LogP contribution >= 0.6 is 11.8 Å². The molecule has 0 fully saturated rings. The van der Waals surface area contributed by atoms with Crippen molar-refractivity contribution < 1.29 is 14.3 Å². The van der Waals surface area contributed by atoms with Gasteiger partial charge in [0, 0.05) is 23.9 Å². The zero-order chi connectivity index (χ0) is 17.8. The summed E-state index contributed by atoms with van der Waals surface area (Å²) in [5.74, 6) is 1.31. The molecule has 132 valence electrons. The molecule has 2 aromatic rings. The monoisotopic (exact) mass is 359 g/mol. The number of aromatic nitrogens is 1. The molecule has 1 aliphatic heterocycles. The Labute approximate surface area is 151 Å². The number of hydrogen-bond acceptors (Lipinski definition) is 5. The van der Waals surface area contributed by atoms with Crippen molar-refractivity contribution in [3.8, 4) is 5.75 Å². The molecule has 0 unspecified atom stereocenters. The summed E-state index contributed by atoms with van der Waals surface area (Å²) < 4.78 is 6.41. The average Bonchev–Trinajstić information content (AvgIpc) is 2.63. The Morgan fingerprint density at radius 1 is 1.36 bits per heavy atom. The molecule has 0 aliphatic carbocycles. The Bertz CT molecular complexity index is 769. The molecule has 2 heterocycles. The number of benzene rings is 1. The molecule has 0 saturated carbocycles. The largest absolute Gasteiger partial charge is 0.711 e. The van der Waals surface area contributed by atoms with Gasteiger partial charge in [-0.15, -0.1) is 11.8 Å². The SMILES string of the molecule is CSc1ccc2c(c1)OCC(=O)N2CCCN(C)c1cccc[n+]1[O-]. The summed E-state index contributed by atoms with van der Waals surface area (Å²) in [7, 11) is 1.88. The van der Waals surface area contributed by atoms with Crippen LogP contribution in [0, 0.1) is 5.21 Å². The molecule has 0 N–H and O–H groups in total. The van der Waals surface area contributed by atoms with Gasteiger partial charge in [-0.2, -0.15) is 0 Å². The first-order valence-corrected chi connectivity index (χ1v) is 9.33. The second-order valence-electron chi connectivity index (χ2n) is 5.83. The minimum atomic E-state index is -0.0364. The van der Waals surface area contributed by atoms with Gasteiger partial charge in [-0.3, -0.25) is 9.69 Å². The van der Waals surface area contributed by atoms with Crippen LogP contribution in [-0.2, 0) is 4.79 Å². The Kier molecular flexibility index (Phi) is 5.33. The molecular formula is C18H21N3O3S. The van der Waals surface area contributed by atoms with E-state index in [0.717, 1.165) is 27.5 Å². The number of carbonyl (C=O) groups excluding carboxylic acids is 1. The topological polar surface area (TPSA) is 59.7 Å². The predicted octanol–water partition coefficient (Wildman–Crippen LogP) is 2.29. The van der Waals surface area contributed by atoms with Crippen molar-refractivity contribution in [2.45, 2.75) is 11.3 Å². The Morgan fingerprint density at radius 3 is 2.96 bits per heavy atom. The van der Waals surface area contributed by atoms with E-state index in [0.29, 0.717) is 18.9 Å². The van der Waals surface area contributed by atoms with Gasteiger partial charge in [-0.25, -0.2) is 4.73 Å². The van der Waals surface area contributed by atoms with Gasteiger partial charge in [-0.05, 0) is 30.5 Å². The highest BCUT2D eigenvalue weighted by Gasteiger charge is 2.25. The van der Waals surface area contributed by atoms with Crippen LogP contribution in [0.1, 0.15) is 6.42 Å². The summed E-state index contributed by atoms with van der Waals surface area (Å²) in [4.78, 5) is 17.0. The summed E-state index contributed by atoms with van der Waals surface area (Å²) in [6, 6.07) is 11.2. The Balaban J connectivity index is 1.65. The van der Waals surface area contributed by atoms with Crippen molar-refractivity contribution >= 4 is 29.2 Å². The van der Waals surface area contributed by atoms with Gasteiger partial charge in [-0.1, -0.05) is 6.07 Å². The highest BCUT2D eigenvalue weighted by atomic mass is 32.2. The molecule has 7 heteroatoms. The molecule has 1 aliphatic rings. The number of fused-ring (bicyclic) bond motifs is 1. The first kappa shape index (κ1) is 17.4.